The number of anilines is 1. The maximum Gasteiger partial charge on any atom is 0.414 e. The summed E-state index contributed by atoms with van der Waals surface area (Å²) in [5.74, 6) is 1.55. The van der Waals surface area contributed by atoms with Gasteiger partial charge in [-0.25, -0.2) is 4.79 Å². The zero-order valence-corrected chi connectivity index (χ0v) is 19.2. The third-order valence-electron chi connectivity index (χ3n) is 6.68. The molecule has 0 spiro atoms. The fourth-order valence-corrected chi connectivity index (χ4v) is 4.88. The van der Waals surface area contributed by atoms with E-state index < -0.39 is 0 Å². The Bertz CT molecular complexity index is 1120. The van der Waals surface area contributed by atoms with E-state index >= 15 is 0 Å². The Morgan fingerprint density at radius 1 is 1.09 bits per heavy atom. The lowest BCUT2D eigenvalue weighted by atomic mass is 9.92. The van der Waals surface area contributed by atoms with E-state index in [1.54, 1.807) is 4.90 Å². The second kappa shape index (κ2) is 9.27. The first kappa shape index (κ1) is 21.5. The van der Waals surface area contributed by atoms with E-state index in [2.05, 4.69) is 23.1 Å². The molecule has 1 aromatic heterocycles. The van der Waals surface area contributed by atoms with Gasteiger partial charge in [-0.05, 0) is 70.0 Å². The van der Waals surface area contributed by atoms with Gasteiger partial charge in [0.2, 0.25) is 0 Å². The van der Waals surface area contributed by atoms with Crippen LogP contribution in [0.3, 0.4) is 0 Å². The van der Waals surface area contributed by atoms with E-state index in [9.17, 15) is 4.79 Å². The summed E-state index contributed by atoms with van der Waals surface area (Å²) in [5, 5.41) is 8.11. The summed E-state index contributed by atoms with van der Waals surface area (Å²) in [5.41, 5.74) is 3.87. The molecule has 33 heavy (non-hydrogen) atoms. The molecule has 0 aliphatic carbocycles. The highest BCUT2D eigenvalue weighted by molar-refractivity contribution is 5.92. The SMILES string of the molecule is COC(=O)N1c2ccc(-c3cnn(C4CCNCC4)c3)c(Oc3ccccc3)c2CCC1C. The standard InChI is InChI=1S/C26H30N4O3/c1-18-8-9-23-24(30(18)26(31)32-2)11-10-22(25(23)33-21-6-4-3-5-7-21)19-16-28-29(17-19)20-12-14-27-15-13-20/h3-7,10-11,16-18,20,27H,8-9,12-15H2,1-2H3. The molecule has 3 heterocycles. The molecule has 1 amide bonds. The number of aromatic nitrogens is 2. The molecule has 7 heteroatoms. The predicted molar refractivity (Wildman–Crippen MR) is 128 cm³/mol. The van der Waals surface area contributed by atoms with Crippen molar-refractivity contribution >= 4 is 11.8 Å². The molecule has 3 aromatic rings. The molecular formula is C26H30N4O3. The average Bonchev–Trinajstić information content (AvgIpc) is 3.35. The molecule has 2 aromatic carbocycles. The molecule has 0 bridgehead atoms. The van der Waals surface area contributed by atoms with Gasteiger partial charge < -0.3 is 14.8 Å². The van der Waals surface area contributed by atoms with Crippen LogP contribution < -0.4 is 15.0 Å². The average molecular weight is 447 g/mol. The number of hydrogen-bond donors (Lipinski definition) is 1. The lowest BCUT2D eigenvalue weighted by Crippen LogP contribution is -2.42. The van der Waals surface area contributed by atoms with Crippen LogP contribution in [0, 0.1) is 0 Å². The van der Waals surface area contributed by atoms with Crippen LogP contribution in [0.2, 0.25) is 0 Å². The van der Waals surface area contributed by atoms with Crippen LogP contribution in [0.15, 0.2) is 54.9 Å². The number of hydrogen-bond acceptors (Lipinski definition) is 5. The number of carbonyl (C=O) groups excluding carboxylic acids is 1. The van der Waals surface area contributed by atoms with Crippen LogP contribution >= 0.6 is 0 Å². The van der Waals surface area contributed by atoms with E-state index in [0.717, 1.165) is 72.6 Å². The number of amides is 1. The Labute approximate surface area is 194 Å². The van der Waals surface area contributed by atoms with E-state index in [4.69, 9.17) is 14.6 Å². The van der Waals surface area contributed by atoms with E-state index in [1.165, 1.54) is 7.11 Å². The summed E-state index contributed by atoms with van der Waals surface area (Å²) in [6.07, 6.45) is 7.51. The second-order valence-corrected chi connectivity index (χ2v) is 8.77. The predicted octanol–water partition coefficient (Wildman–Crippen LogP) is 5.17. The zero-order valence-electron chi connectivity index (χ0n) is 19.2. The molecule has 0 radical (unpaired) electrons. The Morgan fingerprint density at radius 2 is 1.88 bits per heavy atom. The molecule has 1 N–H and O–H groups in total. The van der Waals surface area contributed by atoms with E-state index in [1.807, 2.05) is 48.7 Å². The van der Waals surface area contributed by atoms with Gasteiger partial charge in [0.05, 0.1) is 25.0 Å². The minimum Gasteiger partial charge on any atom is -0.456 e. The molecule has 7 nitrogen and oxygen atoms in total. The number of nitrogens with one attached hydrogen (secondary N) is 1. The maximum absolute atomic E-state index is 12.6. The minimum absolute atomic E-state index is 0.0584. The van der Waals surface area contributed by atoms with Crippen LogP contribution in [0.25, 0.3) is 11.1 Å². The number of methoxy groups -OCH3 is 1. The summed E-state index contributed by atoms with van der Waals surface area (Å²) in [6.45, 7) is 4.08. The van der Waals surface area contributed by atoms with Gasteiger partial charge in [0.1, 0.15) is 11.5 Å². The highest BCUT2D eigenvalue weighted by atomic mass is 16.5. The van der Waals surface area contributed by atoms with Gasteiger partial charge in [-0.3, -0.25) is 9.58 Å². The highest BCUT2D eigenvalue weighted by Gasteiger charge is 2.32. The van der Waals surface area contributed by atoms with Crippen molar-refractivity contribution < 1.29 is 14.3 Å². The lowest BCUT2D eigenvalue weighted by molar-refractivity contribution is 0.175. The van der Waals surface area contributed by atoms with Crippen molar-refractivity contribution in [2.45, 2.75) is 44.7 Å². The number of benzene rings is 2. The van der Waals surface area contributed by atoms with Gasteiger partial charge in [0.15, 0.2) is 0 Å². The van der Waals surface area contributed by atoms with Gasteiger partial charge in [-0.1, -0.05) is 18.2 Å². The van der Waals surface area contributed by atoms with Gasteiger partial charge >= 0.3 is 6.09 Å². The van der Waals surface area contributed by atoms with Gasteiger partial charge in [0.25, 0.3) is 0 Å². The molecule has 2 aliphatic rings. The zero-order chi connectivity index (χ0) is 22.8. The van der Waals surface area contributed by atoms with Crippen LogP contribution in [0.4, 0.5) is 10.5 Å². The highest BCUT2D eigenvalue weighted by Crippen LogP contribution is 2.45. The molecule has 5 rings (SSSR count). The quantitative estimate of drug-likeness (QED) is 0.598. The van der Waals surface area contributed by atoms with E-state index in [0.29, 0.717) is 6.04 Å². The number of rotatable bonds is 4. The monoisotopic (exact) mass is 446 g/mol. The Hall–Kier alpha value is -3.32. The first-order valence-electron chi connectivity index (χ1n) is 11.7. The van der Waals surface area contributed by atoms with Crippen molar-refractivity contribution in [1.82, 2.24) is 15.1 Å². The fourth-order valence-electron chi connectivity index (χ4n) is 4.88. The number of para-hydroxylation sites is 1. The Kier molecular flexibility index (Phi) is 6.05. The van der Waals surface area contributed by atoms with Crippen molar-refractivity contribution in [3.63, 3.8) is 0 Å². The fraction of sp³-hybridized carbons (Fsp3) is 0.385. The summed E-state index contributed by atoms with van der Waals surface area (Å²) < 4.78 is 13.7. The van der Waals surface area contributed by atoms with Crippen molar-refractivity contribution in [3.05, 3.63) is 60.4 Å². The number of nitrogens with zero attached hydrogens (tertiary/aromatic N) is 3. The number of carbonyl (C=O) groups is 1. The molecule has 172 valence electrons. The number of piperidine rings is 1. The Balaban J connectivity index is 1.59. The molecule has 1 unspecified atom stereocenters. The van der Waals surface area contributed by atoms with Crippen molar-refractivity contribution in [3.8, 4) is 22.6 Å². The lowest BCUT2D eigenvalue weighted by Gasteiger charge is -2.35. The normalized spacial score (nSPS) is 18.6. The summed E-state index contributed by atoms with van der Waals surface area (Å²) in [4.78, 5) is 14.3. The topological polar surface area (TPSA) is 68.6 Å². The van der Waals surface area contributed by atoms with E-state index in [-0.39, 0.29) is 12.1 Å². The molecular weight excluding hydrogens is 416 g/mol. The maximum atomic E-state index is 12.6. The summed E-state index contributed by atoms with van der Waals surface area (Å²) in [7, 11) is 1.42. The first-order valence-corrected chi connectivity index (χ1v) is 11.7. The second-order valence-electron chi connectivity index (χ2n) is 8.77. The molecule has 1 atom stereocenters. The first-order chi connectivity index (χ1) is 16.2. The summed E-state index contributed by atoms with van der Waals surface area (Å²) in [6, 6.07) is 14.3. The van der Waals surface area contributed by atoms with Crippen molar-refractivity contribution in [2.24, 2.45) is 0 Å². The molecule has 1 fully saturated rings. The largest absolute Gasteiger partial charge is 0.456 e. The minimum atomic E-state index is -0.347. The third-order valence-corrected chi connectivity index (χ3v) is 6.68. The van der Waals surface area contributed by atoms with Crippen molar-refractivity contribution in [2.75, 3.05) is 25.1 Å². The Morgan fingerprint density at radius 3 is 2.64 bits per heavy atom. The van der Waals surface area contributed by atoms with Gasteiger partial charge in [0, 0.05) is 28.9 Å². The number of fused-ring (bicyclic) bond motifs is 1. The van der Waals surface area contributed by atoms with Gasteiger partial charge in [-0.15, -0.1) is 0 Å². The van der Waals surface area contributed by atoms with Crippen molar-refractivity contribution in [1.29, 1.82) is 0 Å². The van der Waals surface area contributed by atoms with Gasteiger partial charge in [-0.2, -0.15) is 5.10 Å². The van der Waals surface area contributed by atoms with Crippen LogP contribution in [-0.4, -0.2) is 42.1 Å². The molecule has 1 saturated heterocycles. The van der Waals surface area contributed by atoms with Crippen LogP contribution in [-0.2, 0) is 11.2 Å². The third kappa shape index (κ3) is 4.20. The smallest absolute Gasteiger partial charge is 0.414 e. The molecule has 0 saturated carbocycles. The van der Waals surface area contributed by atoms with Crippen LogP contribution in [0.1, 0.15) is 37.8 Å². The molecule has 2 aliphatic heterocycles. The summed E-state index contributed by atoms with van der Waals surface area (Å²) >= 11 is 0. The van der Waals surface area contributed by atoms with Crippen LogP contribution in [0.5, 0.6) is 11.5 Å². The number of ether oxygens (including phenoxy) is 2.